The number of rotatable bonds is 4. The average molecular weight is 316 g/mol. The molecule has 2 amide bonds. The molecule has 0 radical (unpaired) electrons. The van der Waals surface area contributed by atoms with Gasteiger partial charge in [-0.1, -0.05) is 30.3 Å². The Kier molecular flexibility index (Phi) is 4.07. The third-order valence-corrected chi connectivity index (χ3v) is 4.44. The molecule has 0 N–H and O–H groups in total. The first-order chi connectivity index (χ1) is 11.0. The van der Waals surface area contributed by atoms with Crippen molar-refractivity contribution in [3.8, 4) is 0 Å². The molecule has 0 spiro atoms. The van der Waals surface area contributed by atoms with Gasteiger partial charge in [-0.15, -0.1) is 0 Å². The predicted octanol–water partition coefficient (Wildman–Crippen LogP) is 1.26. The fourth-order valence-corrected chi connectivity index (χ4v) is 3.08. The Hall–Kier alpha value is -2.37. The van der Waals surface area contributed by atoms with Crippen molar-refractivity contribution in [1.82, 2.24) is 10.0 Å². The number of ether oxygens (including phenoxy) is 1. The molecule has 2 aliphatic rings. The summed E-state index contributed by atoms with van der Waals surface area (Å²) in [7, 11) is 0. The lowest BCUT2D eigenvalue weighted by Gasteiger charge is -2.31. The average Bonchev–Trinajstić information content (AvgIpc) is 3.23. The zero-order valence-electron chi connectivity index (χ0n) is 13.2. The molecule has 0 atom stereocenters. The van der Waals surface area contributed by atoms with E-state index in [0.717, 1.165) is 24.8 Å². The Morgan fingerprint density at radius 3 is 2.35 bits per heavy atom. The van der Waals surface area contributed by atoms with Crippen LogP contribution in [0.1, 0.15) is 31.7 Å². The van der Waals surface area contributed by atoms with Gasteiger partial charge < -0.3 is 4.74 Å². The molecule has 6 heteroatoms. The van der Waals surface area contributed by atoms with Gasteiger partial charge in [-0.3, -0.25) is 19.4 Å². The van der Waals surface area contributed by atoms with Crippen LogP contribution in [0, 0.1) is 0 Å². The summed E-state index contributed by atoms with van der Waals surface area (Å²) in [6.07, 6.45) is 2.35. The number of amides is 2. The van der Waals surface area contributed by atoms with Crippen molar-refractivity contribution in [3.05, 3.63) is 35.9 Å². The molecule has 1 saturated carbocycles. The second-order valence-electron chi connectivity index (χ2n) is 6.03. The Morgan fingerprint density at radius 2 is 1.74 bits per heavy atom. The Morgan fingerprint density at radius 1 is 1.09 bits per heavy atom. The highest BCUT2D eigenvalue weighted by Crippen LogP contribution is 2.50. The third kappa shape index (κ3) is 2.93. The molecule has 1 aromatic carbocycles. The second kappa shape index (κ2) is 6.02. The first-order valence-electron chi connectivity index (χ1n) is 7.86. The molecule has 0 aromatic heterocycles. The van der Waals surface area contributed by atoms with Gasteiger partial charge in [-0.2, -0.15) is 0 Å². The van der Waals surface area contributed by atoms with Crippen LogP contribution in [0.2, 0.25) is 0 Å². The van der Waals surface area contributed by atoms with E-state index in [-0.39, 0.29) is 18.4 Å². The van der Waals surface area contributed by atoms with E-state index in [1.54, 1.807) is 0 Å². The van der Waals surface area contributed by atoms with Crippen LogP contribution in [0.15, 0.2) is 30.3 Å². The smallest absolute Gasteiger partial charge is 0.303 e. The fraction of sp³-hybridized carbons (Fsp3) is 0.471. The van der Waals surface area contributed by atoms with E-state index in [2.05, 4.69) is 0 Å². The molecule has 0 bridgehead atoms. The van der Waals surface area contributed by atoms with Crippen LogP contribution in [-0.2, 0) is 24.5 Å². The van der Waals surface area contributed by atoms with Crippen molar-refractivity contribution < 1.29 is 19.1 Å². The van der Waals surface area contributed by atoms with E-state index in [4.69, 9.17) is 4.74 Å². The number of hydrogen-bond donors (Lipinski definition) is 0. The van der Waals surface area contributed by atoms with Gasteiger partial charge in [0.1, 0.15) is 0 Å². The van der Waals surface area contributed by atoms with Gasteiger partial charge in [0.05, 0.1) is 5.41 Å². The van der Waals surface area contributed by atoms with Crippen LogP contribution < -0.4 is 0 Å². The molecule has 0 unspecified atom stereocenters. The van der Waals surface area contributed by atoms with Crippen molar-refractivity contribution in [1.29, 1.82) is 0 Å². The Labute approximate surface area is 135 Å². The molecule has 23 heavy (non-hydrogen) atoms. The lowest BCUT2D eigenvalue weighted by atomic mass is 9.95. The van der Waals surface area contributed by atoms with Gasteiger partial charge in [-0.05, 0) is 24.8 Å². The second-order valence-corrected chi connectivity index (χ2v) is 6.03. The highest BCUT2D eigenvalue weighted by Gasteiger charge is 2.54. The van der Waals surface area contributed by atoms with E-state index in [0.29, 0.717) is 13.1 Å². The minimum absolute atomic E-state index is 0.0302. The van der Waals surface area contributed by atoms with Gasteiger partial charge in [0.25, 0.3) is 11.8 Å². The van der Waals surface area contributed by atoms with Crippen LogP contribution in [-0.4, -0.2) is 47.5 Å². The predicted molar refractivity (Wildman–Crippen MR) is 82.0 cm³/mol. The molecule has 3 rings (SSSR count). The zero-order chi connectivity index (χ0) is 16.4. The van der Waals surface area contributed by atoms with E-state index >= 15 is 0 Å². The van der Waals surface area contributed by atoms with Crippen molar-refractivity contribution >= 4 is 17.8 Å². The quantitative estimate of drug-likeness (QED) is 0.784. The Bertz CT molecular complexity index is 625. The van der Waals surface area contributed by atoms with Crippen LogP contribution in [0.25, 0.3) is 0 Å². The molecule has 1 aromatic rings. The minimum atomic E-state index is -0.502. The summed E-state index contributed by atoms with van der Waals surface area (Å²) < 4.78 is 4.76. The number of carbonyl (C=O) groups is 3. The van der Waals surface area contributed by atoms with Crippen LogP contribution in [0.5, 0.6) is 0 Å². The van der Waals surface area contributed by atoms with Crippen molar-refractivity contribution in [2.24, 2.45) is 0 Å². The normalized spacial score (nSPS) is 18.7. The van der Waals surface area contributed by atoms with Crippen molar-refractivity contribution in [3.63, 3.8) is 0 Å². The molecular weight excluding hydrogens is 296 g/mol. The van der Waals surface area contributed by atoms with Gasteiger partial charge in [0.15, 0.2) is 6.61 Å². The summed E-state index contributed by atoms with van der Waals surface area (Å²) in [5.74, 6) is -0.884. The first-order valence-corrected chi connectivity index (χ1v) is 7.86. The van der Waals surface area contributed by atoms with Gasteiger partial charge in [0, 0.05) is 20.0 Å². The summed E-state index contributed by atoms with van der Waals surface area (Å²) in [5, 5.41) is 2.96. The number of esters is 1. The van der Waals surface area contributed by atoms with Gasteiger partial charge in [0.2, 0.25) is 0 Å². The number of carbonyl (C=O) groups excluding carboxylic acids is 3. The fourth-order valence-electron chi connectivity index (χ4n) is 3.08. The highest BCUT2D eigenvalue weighted by atomic mass is 16.5. The van der Waals surface area contributed by atoms with E-state index in [9.17, 15) is 14.4 Å². The molecule has 1 aliphatic carbocycles. The van der Waals surface area contributed by atoms with Crippen molar-refractivity contribution in [2.75, 3.05) is 19.7 Å². The topological polar surface area (TPSA) is 66.9 Å². The summed E-state index contributed by atoms with van der Waals surface area (Å²) in [6.45, 7) is 1.95. The zero-order valence-corrected chi connectivity index (χ0v) is 13.2. The highest BCUT2D eigenvalue weighted by molar-refractivity contribution is 5.93. The molecule has 2 fully saturated rings. The number of hydrazine groups is 1. The molecule has 1 saturated heterocycles. The maximum Gasteiger partial charge on any atom is 0.303 e. The number of nitrogens with zero attached hydrogens (tertiary/aromatic N) is 2. The molecular formula is C17H20N2O4. The lowest BCUT2D eigenvalue weighted by molar-refractivity contribution is -0.165. The number of benzene rings is 1. The van der Waals surface area contributed by atoms with Gasteiger partial charge >= 0.3 is 5.97 Å². The largest absolute Gasteiger partial charge is 0.456 e. The monoisotopic (exact) mass is 316 g/mol. The van der Waals surface area contributed by atoms with Crippen LogP contribution in [0.4, 0.5) is 0 Å². The standard InChI is InChI=1S/C17H20N2O4/c1-13(20)23-12-15(21)18-10-5-11-19(18)16(22)17(8-9-17)14-6-3-2-4-7-14/h2-4,6-7H,5,8-12H2,1H3. The lowest BCUT2D eigenvalue weighted by Crippen LogP contribution is -2.50. The van der Waals surface area contributed by atoms with E-state index in [1.807, 2.05) is 30.3 Å². The number of hydrogen-bond acceptors (Lipinski definition) is 4. The third-order valence-electron chi connectivity index (χ3n) is 4.44. The van der Waals surface area contributed by atoms with E-state index in [1.165, 1.54) is 16.9 Å². The minimum Gasteiger partial charge on any atom is -0.456 e. The van der Waals surface area contributed by atoms with Gasteiger partial charge in [-0.25, -0.2) is 5.01 Å². The van der Waals surface area contributed by atoms with E-state index < -0.39 is 11.4 Å². The Balaban J connectivity index is 1.74. The molecule has 6 nitrogen and oxygen atoms in total. The maximum atomic E-state index is 13.0. The molecule has 1 aliphatic heterocycles. The summed E-state index contributed by atoms with van der Waals surface area (Å²) in [4.78, 5) is 36.1. The summed E-state index contributed by atoms with van der Waals surface area (Å²) in [5.41, 5.74) is 0.509. The summed E-state index contributed by atoms with van der Waals surface area (Å²) >= 11 is 0. The SMILES string of the molecule is CC(=O)OCC(=O)N1CCCN1C(=O)C1(c2ccccc2)CC1. The first kappa shape index (κ1) is 15.5. The summed E-state index contributed by atoms with van der Waals surface area (Å²) in [6, 6.07) is 9.71. The maximum absolute atomic E-state index is 13.0. The molecule has 122 valence electrons. The molecule has 1 heterocycles. The van der Waals surface area contributed by atoms with Crippen LogP contribution >= 0.6 is 0 Å². The van der Waals surface area contributed by atoms with Crippen LogP contribution in [0.3, 0.4) is 0 Å². The van der Waals surface area contributed by atoms with Crippen molar-refractivity contribution in [2.45, 2.75) is 31.6 Å².